The maximum atomic E-state index is 6.36. The van der Waals surface area contributed by atoms with Crippen LogP contribution in [0.3, 0.4) is 0 Å². The first kappa shape index (κ1) is 13.6. The molecule has 0 radical (unpaired) electrons. The molecule has 1 aliphatic rings. The van der Waals surface area contributed by atoms with Crippen molar-refractivity contribution in [2.24, 2.45) is 17.6 Å². The van der Waals surface area contributed by atoms with Crippen LogP contribution in [0.1, 0.15) is 57.1 Å². The first-order chi connectivity index (χ1) is 8.61. The Kier molecular flexibility index (Phi) is 4.45. The van der Waals surface area contributed by atoms with Crippen LogP contribution in [0.25, 0.3) is 0 Å². The molecular weight excluding hydrogens is 218 g/mol. The van der Waals surface area contributed by atoms with Crippen molar-refractivity contribution < 1.29 is 0 Å². The molecule has 1 fully saturated rings. The van der Waals surface area contributed by atoms with Gasteiger partial charge in [-0.15, -0.1) is 0 Å². The fourth-order valence-corrected chi connectivity index (χ4v) is 3.26. The summed E-state index contributed by atoms with van der Waals surface area (Å²) in [6.45, 7) is 6.92. The second-order valence-corrected chi connectivity index (χ2v) is 6.19. The molecule has 0 heterocycles. The summed E-state index contributed by atoms with van der Waals surface area (Å²) in [7, 11) is 0. The van der Waals surface area contributed by atoms with E-state index in [0.717, 1.165) is 18.3 Å². The Bertz CT molecular complexity index is 383. The number of hydrogen-bond donors (Lipinski definition) is 1. The van der Waals surface area contributed by atoms with Gasteiger partial charge in [0.2, 0.25) is 0 Å². The molecule has 0 saturated heterocycles. The highest BCUT2D eigenvalue weighted by atomic mass is 14.7. The molecule has 1 aromatic rings. The first-order valence-electron chi connectivity index (χ1n) is 7.46. The molecular formula is C17H27N. The van der Waals surface area contributed by atoms with Crippen molar-refractivity contribution in [3.05, 3.63) is 35.4 Å². The highest BCUT2D eigenvalue weighted by molar-refractivity contribution is 5.28. The number of nitrogens with two attached hydrogens (primary N) is 1. The Morgan fingerprint density at radius 2 is 2.06 bits per heavy atom. The number of rotatable bonds is 3. The number of benzene rings is 1. The van der Waals surface area contributed by atoms with Crippen LogP contribution < -0.4 is 5.73 Å². The third kappa shape index (κ3) is 2.95. The molecule has 3 atom stereocenters. The van der Waals surface area contributed by atoms with Crippen LogP contribution in [0.15, 0.2) is 24.3 Å². The van der Waals surface area contributed by atoms with Crippen molar-refractivity contribution in [3.63, 3.8) is 0 Å². The molecule has 1 aliphatic carbocycles. The summed E-state index contributed by atoms with van der Waals surface area (Å²) in [5, 5.41) is 0. The summed E-state index contributed by atoms with van der Waals surface area (Å²) in [6, 6.07) is 9.41. The van der Waals surface area contributed by atoms with E-state index in [9.17, 15) is 0 Å². The minimum Gasteiger partial charge on any atom is -0.327 e. The van der Waals surface area contributed by atoms with E-state index in [1.807, 2.05) is 0 Å². The molecule has 1 heteroatoms. The fourth-order valence-electron chi connectivity index (χ4n) is 3.26. The summed E-state index contributed by atoms with van der Waals surface area (Å²) >= 11 is 0. The Labute approximate surface area is 112 Å². The molecule has 18 heavy (non-hydrogen) atoms. The van der Waals surface area contributed by atoms with Gasteiger partial charge in [-0.3, -0.25) is 0 Å². The molecule has 0 aromatic heterocycles. The van der Waals surface area contributed by atoms with Crippen molar-refractivity contribution in [2.45, 2.75) is 58.4 Å². The number of aryl methyl sites for hydroxylation is 1. The quantitative estimate of drug-likeness (QED) is 0.852. The Hall–Kier alpha value is -0.820. The smallest absolute Gasteiger partial charge is 0.0108 e. The van der Waals surface area contributed by atoms with Crippen LogP contribution in [-0.4, -0.2) is 6.04 Å². The molecule has 2 N–H and O–H groups in total. The van der Waals surface area contributed by atoms with Gasteiger partial charge < -0.3 is 5.73 Å². The topological polar surface area (TPSA) is 26.0 Å². The van der Waals surface area contributed by atoms with E-state index >= 15 is 0 Å². The van der Waals surface area contributed by atoms with Crippen LogP contribution in [0, 0.1) is 11.8 Å². The van der Waals surface area contributed by atoms with Gasteiger partial charge in [0.1, 0.15) is 0 Å². The van der Waals surface area contributed by atoms with E-state index in [2.05, 4.69) is 45.0 Å². The minimum atomic E-state index is 0.354. The van der Waals surface area contributed by atoms with Gasteiger partial charge in [-0.2, -0.15) is 0 Å². The number of hydrogen-bond acceptors (Lipinski definition) is 1. The van der Waals surface area contributed by atoms with E-state index in [1.165, 1.54) is 30.4 Å². The molecule has 1 saturated carbocycles. The lowest BCUT2D eigenvalue weighted by Gasteiger charge is -2.36. The maximum absolute atomic E-state index is 6.36. The summed E-state index contributed by atoms with van der Waals surface area (Å²) in [5.74, 6) is 2.20. The van der Waals surface area contributed by atoms with Crippen molar-refractivity contribution in [2.75, 3.05) is 0 Å². The van der Waals surface area contributed by atoms with Crippen LogP contribution >= 0.6 is 0 Å². The SMILES string of the molecule is CCc1cccc(C2CC(C(C)C)CCC2N)c1. The second kappa shape index (κ2) is 5.88. The zero-order valence-electron chi connectivity index (χ0n) is 12.0. The van der Waals surface area contributed by atoms with E-state index in [4.69, 9.17) is 5.73 Å². The largest absolute Gasteiger partial charge is 0.327 e. The van der Waals surface area contributed by atoms with Crippen molar-refractivity contribution >= 4 is 0 Å². The molecule has 100 valence electrons. The van der Waals surface area contributed by atoms with Gasteiger partial charge >= 0.3 is 0 Å². The summed E-state index contributed by atoms with van der Waals surface area (Å²) in [6.07, 6.45) is 4.88. The van der Waals surface area contributed by atoms with Gasteiger partial charge in [0.15, 0.2) is 0 Å². The van der Waals surface area contributed by atoms with Crippen LogP contribution in [0.5, 0.6) is 0 Å². The van der Waals surface area contributed by atoms with Crippen LogP contribution in [-0.2, 0) is 6.42 Å². The van der Waals surface area contributed by atoms with Crippen molar-refractivity contribution in [3.8, 4) is 0 Å². The van der Waals surface area contributed by atoms with Gasteiger partial charge in [-0.25, -0.2) is 0 Å². The summed E-state index contributed by atoms with van der Waals surface area (Å²) in [4.78, 5) is 0. The monoisotopic (exact) mass is 245 g/mol. The molecule has 1 nitrogen and oxygen atoms in total. The van der Waals surface area contributed by atoms with Gasteiger partial charge in [0.05, 0.1) is 0 Å². The fraction of sp³-hybridized carbons (Fsp3) is 0.647. The highest BCUT2D eigenvalue weighted by Gasteiger charge is 2.30. The Morgan fingerprint density at radius 3 is 2.72 bits per heavy atom. The van der Waals surface area contributed by atoms with Crippen molar-refractivity contribution in [1.82, 2.24) is 0 Å². The lowest BCUT2D eigenvalue weighted by Crippen LogP contribution is -2.35. The van der Waals surface area contributed by atoms with Gasteiger partial charge in [0, 0.05) is 6.04 Å². The predicted molar refractivity (Wildman–Crippen MR) is 78.7 cm³/mol. The van der Waals surface area contributed by atoms with E-state index in [0.29, 0.717) is 12.0 Å². The average Bonchev–Trinajstić information content (AvgIpc) is 2.39. The molecule has 2 rings (SSSR count). The minimum absolute atomic E-state index is 0.354. The normalized spacial score (nSPS) is 28.6. The Morgan fingerprint density at radius 1 is 1.28 bits per heavy atom. The third-order valence-electron chi connectivity index (χ3n) is 4.67. The standard InChI is InChI=1S/C17H27N/c1-4-13-6-5-7-15(10-13)16-11-14(12(2)3)8-9-17(16)18/h5-7,10,12,14,16-17H,4,8-9,11,18H2,1-3H3. The van der Waals surface area contributed by atoms with E-state index in [-0.39, 0.29) is 0 Å². The molecule has 1 aromatic carbocycles. The van der Waals surface area contributed by atoms with Gasteiger partial charge in [0.25, 0.3) is 0 Å². The van der Waals surface area contributed by atoms with Crippen molar-refractivity contribution in [1.29, 1.82) is 0 Å². The average molecular weight is 245 g/mol. The first-order valence-corrected chi connectivity index (χ1v) is 7.46. The third-order valence-corrected chi connectivity index (χ3v) is 4.67. The predicted octanol–water partition coefficient (Wildman–Crippen LogP) is 4.12. The molecule has 3 unspecified atom stereocenters. The van der Waals surface area contributed by atoms with Gasteiger partial charge in [-0.05, 0) is 54.6 Å². The molecule has 0 aliphatic heterocycles. The molecule has 0 bridgehead atoms. The zero-order chi connectivity index (χ0) is 13.1. The lowest BCUT2D eigenvalue weighted by atomic mass is 9.71. The van der Waals surface area contributed by atoms with E-state index < -0.39 is 0 Å². The van der Waals surface area contributed by atoms with Crippen LogP contribution in [0.4, 0.5) is 0 Å². The van der Waals surface area contributed by atoms with Crippen LogP contribution in [0.2, 0.25) is 0 Å². The Balaban J connectivity index is 2.18. The second-order valence-electron chi connectivity index (χ2n) is 6.19. The maximum Gasteiger partial charge on any atom is 0.0108 e. The lowest BCUT2D eigenvalue weighted by molar-refractivity contribution is 0.232. The summed E-state index contributed by atoms with van der Waals surface area (Å²) < 4.78 is 0. The highest BCUT2D eigenvalue weighted by Crippen LogP contribution is 2.38. The molecule has 0 amide bonds. The summed E-state index contributed by atoms with van der Waals surface area (Å²) in [5.41, 5.74) is 9.27. The van der Waals surface area contributed by atoms with E-state index in [1.54, 1.807) is 0 Å². The zero-order valence-corrected chi connectivity index (χ0v) is 12.0. The molecule has 0 spiro atoms. The van der Waals surface area contributed by atoms with Gasteiger partial charge in [-0.1, -0.05) is 45.0 Å².